The van der Waals surface area contributed by atoms with Crippen molar-refractivity contribution in [1.29, 1.82) is 0 Å². The zero-order valence-corrected chi connectivity index (χ0v) is 17.8. The van der Waals surface area contributed by atoms with Gasteiger partial charge in [0.2, 0.25) is 5.91 Å². The molecule has 0 aliphatic carbocycles. The van der Waals surface area contributed by atoms with Gasteiger partial charge in [0.15, 0.2) is 5.78 Å². The second-order valence-corrected chi connectivity index (χ2v) is 8.42. The van der Waals surface area contributed by atoms with E-state index < -0.39 is 0 Å². The third-order valence-corrected chi connectivity index (χ3v) is 6.41. The summed E-state index contributed by atoms with van der Waals surface area (Å²) in [6.07, 6.45) is 2.35. The molecule has 2 N–H and O–H groups in total. The molecule has 0 bridgehead atoms. The molecule has 4 rings (SSSR count). The first-order chi connectivity index (χ1) is 14.6. The van der Waals surface area contributed by atoms with Gasteiger partial charge in [-0.3, -0.25) is 9.59 Å². The number of halogens is 1. The Morgan fingerprint density at radius 3 is 2.57 bits per heavy atom. The lowest BCUT2D eigenvalue weighted by Gasteiger charge is -2.19. The number of hydrogen-bond donors (Lipinski definition) is 2. The van der Waals surface area contributed by atoms with Crippen molar-refractivity contribution in [2.24, 2.45) is 0 Å². The van der Waals surface area contributed by atoms with Crippen LogP contribution >= 0.6 is 22.9 Å². The Morgan fingerprint density at radius 2 is 1.77 bits per heavy atom. The number of rotatable bonds is 8. The zero-order chi connectivity index (χ0) is 20.9. The normalized spacial score (nSPS) is 12.0. The van der Waals surface area contributed by atoms with Crippen LogP contribution in [0.1, 0.15) is 39.6 Å². The maximum absolute atomic E-state index is 12.5. The van der Waals surface area contributed by atoms with Crippen LogP contribution in [-0.4, -0.2) is 23.2 Å². The van der Waals surface area contributed by atoms with Crippen LogP contribution in [0.2, 0.25) is 5.02 Å². The first-order valence-electron chi connectivity index (χ1n) is 9.77. The van der Waals surface area contributed by atoms with Gasteiger partial charge >= 0.3 is 0 Å². The van der Waals surface area contributed by atoms with Gasteiger partial charge in [-0.1, -0.05) is 54.1 Å². The fraction of sp³-hybridized carbons (Fsp3) is 0.167. The van der Waals surface area contributed by atoms with Gasteiger partial charge in [-0.05, 0) is 34.7 Å². The number of aromatic amines is 1. The average molecular weight is 437 g/mol. The van der Waals surface area contributed by atoms with Crippen molar-refractivity contribution in [2.75, 3.05) is 6.54 Å². The number of thiophene rings is 1. The number of Topliss-reactive ketones (excluding diaryl/α,β-unsaturated/α-hetero) is 1. The van der Waals surface area contributed by atoms with Crippen LogP contribution in [0.25, 0.3) is 10.9 Å². The number of H-pyrrole nitrogens is 1. The zero-order valence-electron chi connectivity index (χ0n) is 16.2. The van der Waals surface area contributed by atoms with Gasteiger partial charge in [0.25, 0.3) is 0 Å². The molecule has 4 aromatic rings. The molecule has 0 radical (unpaired) electrons. The highest BCUT2D eigenvalue weighted by Gasteiger charge is 2.21. The van der Waals surface area contributed by atoms with E-state index in [0.717, 1.165) is 22.0 Å². The summed E-state index contributed by atoms with van der Waals surface area (Å²) in [5, 5.41) is 6.63. The summed E-state index contributed by atoms with van der Waals surface area (Å²) < 4.78 is 0. The van der Waals surface area contributed by atoms with Gasteiger partial charge in [-0.2, -0.15) is 0 Å². The van der Waals surface area contributed by atoms with E-state index >= 15 is 0 Å². The second kappa shape index (κ2) is 9.28. The summed E-state index contributed by atoms with van der Waals surface area (Å²) >= 11 is 7.90. The van der Waals surface area contributed by atoms with E-state index in [1.807, 2.05) is 60.1 Å². The Balaban J connectivity index is 1.50. The molecule has 0 aliphatic heterocycles. The summed E-state index contributed by atoms with van der Waals surface area (Å²) in [7, 11) is 0. The standard InChI is InChI=1S/C24H21ClN2O2S/c25-20-8-3-1-6-16(20)18(19-14-26-21-9-4-2-7-17(19)21)15-27-24(29)12-11-22(28)23-10-5-13-30-23/h1-10,13-14,18,26H,11-12,15H2,(H,27,29)/t18-/m1/s1. The lowest BCUT2D eigenvalue weighted by atomic mass is 9.90. The number of hydrogen-bond acceptors (Lipinski definition) is 3. The van der Waals surface area contributed by atoms with Gasteiger partial charge in [-0.15, -0.1) is 11.3 Å². The number of benzene rings is 2. The molecule has 0 saturated carbocycles. The summed E-state index contributed by atoms with van der Waals surface area (Å²) in [5.41, 5.74) is 3.07. The minimum absolute atomic E-state index is 0.000526. The lowest BCUT2D eigenvalue weighted by Crippen LogP contribution is -2.29. The molecule has 4 nitrogen and oxygen atoms in total. The number of carbonyl (C=O) groups excluding carboxylic acids is 2. The molecule has 0 aliphatic rings. The number of para-hydroxylation sites is 1. The highest BCUT2D eigenvalue weighted by atomic mass is 35.5. The average Bonchev–Trinajstić information content (AvgIpc) is 3.44. The van der Waals surface area contributed by atoms with Gasteiger partial charge < -0.3 is 10.3 Å². The number of nitrogens with one attached hydrogen (secondary N) is 2. The summed E-state index contributed by atoms with van der Waals surface area (Å²) in [6.45, 7) is 0.400. The largest absolute Gasteiger partial charge is 0.361 e. The molecule has 2 aromatic carbocycles. The third kappa shape index (κ3) is 4.48. The van der Waals surface area contributed by atoms with E-state index in [1.54, 1.807) is 6.07 Å². The first kappa shape index (κ1) is 20.4. The Morgan fingerprint density at radius 1 is 0.967 bits per heavy atom. The lowest BCUT2D eigenvalue weighted by molar-refractivity contribution is -0.121. The highest BCUT2D eigenvalue weighted by Crippen LogP contribution is 2.34. The summed E-state index contributed by atoms with van der Waals surface area (Å²) in [4.78, 5) is 28.6. The van der Waals surface area contributed by atoms with Crippen molar-refractivity contribution in [3.8, 4) is 0 Å². The fourth-order valence-corrected chi connectivity index (χ4v) is 4.58. The molecule has 30 heavy (non-hydrogen) atoms. The molecule has 1 amide bonds. The Hall–Kier alpha value is -2.89. The van der Waals surface area contributed by atoms with E-state index in [1.165, 1.54) is 11.3 Å². The van der Waals surface area contributed by atoms with Crippen LogP contribution in [0.3, 0.4) is 0 Å². The predicted octanol–water partition coefficient (Wildman–Crippen LogP) is 5.79. The first-order valence-corrected chi connectivity index (χ1v) is 11.0. The predicted molar refractivity (Wildman–Crippen MR) is 122 cm³/mol. The van der Waals surface area contributed by atoms with Crippen molar-refractivity contribution in [3.05, 3.63) is 93.3 Å². The molecule has 0 saturated heterocycles. The third-order valence-electron chi connectivity index (χ3n) is 5.16. The van der Waals surface area contributed by atoms with Gasteiger partial charge in [-0.25, -0.2) is 0 Å². The van der Waals surface area contributed by atoms with Crippen molar-refractivity contribution in [1.82, 2.24) is 10.3 Å². The molecule has 0 fully saturated rings. The van der Waals surface area contributed by atoms with Crippen LogP contribution < -0.4 is 5.32 Å². The molecule has 152 valence electrons. The van der Waals surface area contributed by atoms with Crippen molar-refractivity contribution >= 4 is 45.5 Å². The number of fused-ring (bicyclic) bond motifs is 1. The van der Waals surface area contributed by atoms with Crippen molar-refractivity contribution in [2.45, 2.75) is 18.8 Å². The SMILES string of the molecule is O=C(CCC(=O)c1cccs1)NC[C@H](c1ccccc1Cl)c1c[nH]c2ccccc12. The minimum Gasteiger partial charge on any atom is -0.361 e. The highest BCUT2D eigenvalue weighted by molar-refractivity contribution is 7.12. The number of ketones is 1. The van der Waals surface area contributed by atoms with Crippen LogP contribution in [-0.2, 0) is 4.79 Å². The Kier molecular flexibility index (Phi) is 6.31. The molecule has 2 heterocycles. The van der Waals surface area contributed by atoms with E-state index in [9.17, 15) is 9.59 Å². The molecule has 6 heteroatoms. The van der Waals surface area contributed by atoms with E-state index in [-0.39, 0.29) is 30.4 Å². The monoisotopic (exact) mass is 436 g/mol. The quantitative estimate of drug-likeness (QED) is 0.343. The molecular formula is C24H21ClN2O2S. The number of aromatic nitrogens is 1. The van der Waals surface area contributed by atoms with E-state index in [2.05, 4.69) is 16.4 Å². The second-order valence-electron chi connectivity index (χ2n) is 7.07. The van der Waals surface area contributed by atoms with E-state index in [0.29, 0.717) is 16.4 Å². The van der Waals surface area contributed by atoms with Gasteiger partial charge in [0.1, 0.15) is 0 Å². The van der Waals surface area contributed by atoms with Crippen molar-refractivity contribution in [3.63, 3.8) is 0 Å². The number of carbonyl (C=O) groups is 2. The fourth-order valence-electron chi connectivity index (χ4n) is 3.62. The minimum atomic E-state index is -0.142. The molecular weight excluding hydrogens is 416 g/mol. The smallest absolute Gasteiger partial charge is 0.220 e. The molecule has 0 unspecified atom stereocenters. The van der Waals surface area contributed by atoms with Crippen LogP contribution in [0.5, 0.6) is 0 Å². The molecule has 0 spiro atoms. The van der Waals surface area contributed by atoms with Gasteiger partial charge in [0.05, 0.1) is 4.88 Å². The molecule has 1 atom stereocenters. The Labute approximate surface area is 183 Å². The Bertz CT molecular complexity index is 1170. The van der Waals surface area contributed by atoms with Crippen LogP contribution in [0.15, 0.2) is 72.2 Å². The van der Waals surface area contributed by atoms with Gasteiger partial charge in [0, 0.05) is 47.4 Å². The number of amides is 1. The van der Waals surface area contributed by atoms with Crippen LogP contribution in [0, 0.1) is 0 Å². The summed E-state index contributed by atoms with van der Waals surface area (Å²) in [6, 6.07) is 19.4. The topological polar surface area (TPSA) is 62.0 Å². The maximum Gasteiger partial charge on any atom is 0.220 e. The maximum atomic E-state index is 12.5. The van der Waals surface area contributed by atoms with Crippen molar-refractivity contribution < 1.29 is 9.59 Å². The summed E-state index contributed by atoms with van der Waals surface area (Å²) in [5.74, 6) is -0.247. The van der Waals surface area contributed by atoms with E-state index in [4.69, 9.17) is 11.6 Å². The molecule has 2 aromatic heterocycles. The van der Waals surface area contributed by atoms with Crippen LogP contribution in [0.4, 0.5) is 0 Å².